The van der Waals surface area contributed by atoms with Crippen LogP contribution in [0.4, 0.5) is 5.69 Å². The quantitative estimate of drug-likeness (QED) is 0.682. The average molecular weight is 349 g/mol. The molecule has 0 saturated carbocycles. The van der Waals surface area contributed by atoms with Gasteiger partial charge in [0, 0.05) is 38.9 Å². The number of anilines is 1. The number of rotatable bonds is 6. The molecule has 26 heavy (non-hydrogen) atoms. The first-order chi connectivity index (χ1) is 12.5. The Morgan fingerprint density at radius 3 is 2.35 bits per heavy atom. The van der Waals surface area contributed by atoms with E-state index >= 15 is 0 Å². The number of oxazole rings is 1. The smallest absolute Gasteiger partial charge is 0.228 e. The fourth-order valence-corrected chi connectivity index (χ4v) is 2.65. The van der Waals surface area contributed by atoms with Gasteiger partial charge in [0.05, 0.1) is 12.1 Å². The van der Waals surface area contributed by atoms with E-state index in [4.69, 9.17) is 4.42 Å². The Hall–Kier alpha value is -3.08. The number of aromatic nitrogens is 1. The molecule has 0 aliphatic heterocycles. The van der Waals surface area contributed by atoms with Crippen molar-refractivity contribution in [3.8, 4) is 11.5 Å². The Morgan fingerprint density at radius 1 is 1.00 bits per heavy atom. The molecule has 0 saturated heterocycles. The van der Waals surface area contributed by atoms with Gasteiger partial charge in [-0.2, -0.15) is 0 Å². The topological polar surface area (TPSA) is 49.6 Å². The monoisotopic (exact) mass is 349 g/mol. The van der Waals surface area contributed by atoms with E-state index in [1.165, 1.54) is 0 Å². The minimum absolute atomic E-state index is 0.00889. The van der Waals surface area contributed by atoms with Crippen molar-refractivity contribution >= 4 is 11.6 Å². The minimum Gasteiger partial charge on any atom is -0.444 e. The Balaban J connectivity index is 1.60. The van der Waals surface area contributed by atoms with Crippen molar-refractivity contribution in [1.29, 1.82) is 0 Å². The van der Waals surface area contributed by atoms with E-state index in [1.54, 1.807) is 18.2 Å². The first kappa shape index (κ1) is 17.7. The molecule has 0 aliphatic carbocycles. The minimum atomic E-state index is 0.00889. The molecule has 134 valence electrons. The summed E-state index contributed by atoms with van der Waals surface area (Å²) < 4.78 is 5.50. The van der Waals surface area contributed by atoms with Gasteiger partial charge in [0.25, 0.3) is 0 Å². The van der Waals surface area contributed by atoms with Crippen LogP contribution in [0, 0.1) is 0 Å². The number of nitrogens with zero attached hydrogens (tertiary/aromatic N) is 3. The molecule has 1 heterocycles. The van der Waals surface area contributed by atoms with Gasteiger partial charge in [-0.3, -0.25) is 4.79 Å². The summed E-state index contributed by atoms with van der Waals surface area (Å²) in [6.07, 6.45) is 1.78. The van der Waals surface area contributed by atoms with E-state index in [0.717, 1.165) is 16.8 Å². The molecule has 0 unspecified atom stereocenters. The van der Waals surface area contributed by atoms with E-state index < -0.39 is 0 Å². The second kappa shape index (κ2) is 7.87. The zero-order chi connectivity index (χ0) is 18.5. The first-order valence-electron chi connectivity index (χ1n) is 8.53. The third kappa shape index (κ3) is 4.30. The lowest BCUT2D eigenvalue weighted by atomic mass is 10.2. The molecule has 2 aromatic carbocycles. The van der Waals surface area contributed by atoms with Crippen LogP contribution >= 0.6 is 0 Å². The molecule has 0 aliphatic rings. The first-order valence-corrected chi connectivity index (χ1v) is 8.53. The van der Waals surface area contributed by atoms with Crippen LogP contribution in [0.2, 0.25) is 0 Å². The van der Waals surface area contributed by atoms with Crippen LogP contribution in [0.3, 0.4) is 0 Å². The van der Waals surface area contributed by atoms with Crippen molar-refractivity contribution in [2.24, 2.45) is 0 Å². The fraction of sp³-hybridized carbons (Fsp3) is 0.238. The van der Waals surface area contributed by atoms with Crippen LogP contribution < -0.4 is 4.90 Å². The molecule has 0 spiro atoms. The molecule has 0 N–H and O–H groups in total. The zero-order valence-electron chi connectivity index (χ0n) is 15.3. The van der Waals surface area contributed by atoms with Crippen LogP contribution in [0.15, 0.2) is 65.3 Å². The number of hydrogen-bond donors (Lipinski definition) is 0. The van der Waals surface area contributed by atoms with E-state index in [0.29, 0.717) is 18.1 Å². The van der Waals surface area contributed by atoms with Gasteiger partial charge in [0.1, 0.15) is 6.26 Å². The summed E-state index contributed by atoms with van der Waals surface area (Å²) in [5.74, 6) is 0.546. The van der Waals surface area contributed by atoms with Gasteiger partial charge in [-0.25, -0.2) is 4.98 Å². The highest BCUT2D eigenvalue weighted by atomic mass is 16.3. The largest absolute Gasteiger partial charge is 0.444 e. The average Bonchev–Trinajstić information content (AvgIpc) is 3.11. The van der Waals surface area contributed by atoms with Crippen LogP contribution in [-0.2, 0) is 17.8 Å². The van der Waals surface area contributed by atoms with E-state index in [1.807, 2.05) is 61.5 Å². The van der Waals surface area contributed by atoms with Gasteiger partial charge in [-0.15, -0.1) is 0 Å². The lowest BCUT2D eigenvalue weighted by Crippen LogP contribution is -2.27. The molecule has 1 amide bonds. The van der Waals surface area contributed by atoms with Crippen molar-refractivity contribution < 1.29 is 9.21 Å². The third-order valence-electron chi connectivity index (χ3n) is 4.20. The van der Waals surface area contributed by atoms with Gasteiger partial charge in [-0.05, 0) is 29.8 Å². The molecule has 0 bridgehead atoms. The molecule has 5 nitrogen and oxygen atoms in total. The van der Waals surface area contributed by atoms with Gasteiger partial charge in [0.15, 0.2) is 0 Å². The summed E-state index contributed by atoms with van der Waals surface area (Å²) in [4.78, 5) is 20.7. The summed E-state index contributed by atoms with van der Waals surface area (Å²) >= 11 is 0. The Morgan fingerprint density at radius 2 is 1.69 bits per heavy atom. The standard InChI is InChI=1S/C21H23N3O2/c1-23(2)19-11-9-16(10-12-19)14-24(3)20(25)13-18-15-26-21(22-18)17-7-5-4-6-8-17/h4-12,15H,13-14H2,1-3H3. The van der Waals surface area contributed by atoms with Gasteiger partial charge >= 0.3 is 0 Å². The summed E-state index contributed by atoms with van der Waals surface area (Å²) in [6, 6.07) is 17.9. The van der Waals surface area contributed by atoms with E-state index in [-0.39, 0.29) is 12.3 Å². The normalized spacial score (nSPS) is 10.6. The van der Waals surface area contributed by atoms with Crippen molar-refractivity contribution in [2.75, 3.05) is 26.0 Å². The molecule has 3 aromatic rings. The zero-order valence-corrected chi connectivity index (χ0v) is 15.3. The van der Waals surface area contributed by atoms with Crippen LogP contribution in [0.25, 0.3) is 11.5 Å². The van der Waals surface area contributed by atoms with Crippen molar-refractivity contribution in [3.63, 3.8) is 0 Å². The second-order valence-corrected chi connectivity index (χ2v) is 6.50. The SMILES string of the molecule is CN(Cc1ccc(N(C)C)cc1)C(=O)Cc1coc(-c2ccccc2)n1. The number of likely N-dealkylation sites (N-methyl/N-ethyl adjacent to an activating group) is 1. The third-order valence-corrected chi connectivity index (χ3v) is 4.20. The van der Waals surface area contributed by atoms with Crippen LogP contribution in [0.1, 0.15) is 11.3 Å². The highest BCUT2D eigenvalue weighted by Crippen LogP contribution is 2.19. The lowest BCUT2D eigenvalue weighted by Gasteiger charge is -2.18. The van der Waals surface area contributed by atoms with Crippen molar-refractivity contribution in [3.05, 3.63) is 72.1 Å². The van der Waals surface area contributed by atoms with E-state index in [9.17, 15) is 4.79 Å². The Labute approximate surface area is 153 Å². The maximum absolute atomic E-state index is 12.5. The Kier molecular flexibility index (Phi) is 5.37. The fourth-order valence-electron chi connectivity index (χ4n) is 2.65. The lowest BCUT2D eigenvalue weighted by molar-refractivity contribution is -0.129. The summed E-state index contributed by atoms with van der Waals surface area (Å²) in [5, 5.41) is 0. The summed E-state index contributed by atoms with van der Waals surface area (Å²) in [7, 11) is 5.82. The van der Waals surface area contributed by atoms with Crippen molar-refractivity contribution in [1.82, 2.24) is 9.88 Å². The summed E-state index contributed by atoms with van der Waals surface area (Å²) in [6.45, 7) is 0.565. The maximum Gasteiger partial charge on any atom is 0.228 e. The van der Waals surface area contributed by atoms with E-state index in [2.05, 4.69) is 17.1 Å². The second-order valence-electron chi connectivity index (χ2n) is 6.50. The number of carbonyl (C=O) groups is 1. The predicted molar refractivity (Wildman–Crippen MR) is 103 cm³/mol. The molecule has 0 fully saturated rings. The number of benzene rings is 2. The van der Waals surface area contributed by atoms with Crippen LogP contribution in [0.5, 0.6) is 0 Å². The molecule has 5 heteroatoms. The molecular weight excluding hydrogens is 326 g/mol. The number of hydrogen-bond acceptors (Lipinski definition) is 4. The number of carbonyl (C=O) groups excluding carboxylic acids is 1. The molecule has 3 rings (SSSR count). The number of amides is 1. The molecule has 0 atom stereocenters. The van der Waals surface area contributed by atoms with Crippen LogP contribution in [-0.4, -0.2) is 36.9 Å². The highest BCUT2D eigenvalue weighted by Gasteiger charge is 2.14. The molecular formula is C21H23N3O2. The molecule has 0 radical (unpaired) electrons. The van der Waals surface area contributed by atoms with Gasteiger partial charge < -0.3 is 14.2 Å². The predicted octanol–water partition coefficient (Wildman–Crippen LogP) is 3.61. The highest BCUT2D eigenvalue weighted by molar-refractivity contribution is 5.78. The molecule has 1 aromatic heterocycles. The maximum atomic E-state index is 12.5. The summed E-state index contributed by atoms with van der Waals surface area (Å²) in [5.41, 5.74) is 3.78. The van der Waals surface area contributed by atoms with Gasteiger partial charge in [-0.1, -0.05) is 30.3 Å². The Bertz CT molecular complexity index is 854. The van der Waals surface area contributed by atoms with Crippen molar-refractivity contribution in [2.45, 2.75) is 13.0 Å². The van der Waals surface area contributed by atoms with Gasteiger partial charge in [0.2, 0.25) is 11.8 Å².